The molecule has 0 spiro atoms. The summed E-state index contributed by atoms with van der Waals surface area (Å²) in [6.45, 7) is 9.26. The maximum absolute atomic E-state index is 12.9. The van der Waals surface area contributed by atoms with Crippen molar-refractivity contribution < 1.29 is 9.90 Å². The Bertz CT molecular complexity index is 550. The zero-order valence-electron chi connectivity index (χ0n) is 14.4. The number of Topliss-reactive ketones (excluding diaryl/α,β-unsaturated/α-hetero) is 1. The standard InChI is InChI=1S/C20H30O2/c1-11-5-7-13-9-16(22)19(3)10-15(21)17-12(2)6-8-14(11)20(13,4)18(17)19/h6,11,13-14,16-18,22H,5,7-10H2,1-4H3/t11-,13+,14-,16+,17-,18+,19+,20+/m0/s1. The minimum atomic E-state index is -0.301. The van der Waals surface area contributed by atoms with E-state index in [1.165, 1.54) is 18.4 Å². The molecule has 0 aliphatic heterocycles. The number of carbonyl (C=O) groups excluding carboxylic acids is 1. The number of ketones is 1. The molecule has 0 saturated heterocycles. The third-order valence-electron chi connectivity index (χ3n) is 8.41. The van der Waals surface area contributed by atoms with Crippen LogP contribution in [-0.2, 0) is 4.79 Å². The summed E-state index contributed by atoms with van der Waals surface area (Å²) in [7, 11) is 0. The fourth-order valence-corrected chi connectivity index (χ4v) is 7.29. The van der Waals surface area contributed by atoms with Gasteiger partial charge in [-0.15, -0.1) is 0 Å². The van der Waals surface area contributed by atoms with E-state index in [1.807, 2.05) is 0 Å². The highest BCUT2D eigenvalue weighted by atomic mass is 16.3. The zero-order chi connectivity index (χ0) is 15.9. The van der Waals surface area contributed by atoms with Gasteiger partial charge in [0.2, 0.25) is 0 Å². The highest BCUT2D eigenvalue weighted by molar-refractivity contribution is 5.87. The molecule has 8 atom stereocenters. The van der Waals surface area contributed by atoms with Crippen LogP contribution in [0.1, 0.15) is 59.8 Å². The van der Waals surface area contributed by atoms with E-state index in [-0.39, 0.29) is 22.9 Å². The zero-order valence-corrected chi connectivity index (χ0v) is 14.4. The maximum atomic E-state index is 12.9. The Morgan fingerprint density at radius 1 is 1.27 bits per heavy atom. The predicted molar refractivity (Wildman–Crippen MR) is 87.2 cm³/mol. The first kappa shape index (κ1) is 14.9. The van der Waals surface area contributed by atoms with Gasteiger partial charge in [-0.2, -0.15) is 0 Å². The summed E-state index contributed by atoms with van der Waals surface area (Å²) < 4.78 is 0. The monoisotopic (exact) mass is 302 g/mol. The van der Waals surface area contributed by atoms with Crippen molar-refractivity contribution in [3.8, 4) is 0 Å². The Balaban J connectivity index is 1.93. The van der Waals surface area contributed by atoms with Crippen LogP contribution in [0.3, 0.4) is 0 Å². The van der Waals surface area contributed by atoms with Crippen LogP contribution in [0.15, 0.2) is 11.6 Å². The Morgan fingerprint density at radius 2 is 2.00 bits per heavy atom. The second-order valence-corrected chi connectivity index (χ2v) is 9.26. The van der Waals surface area contributed by atoms with Crippen LogP contribution in [0.2, 0.25) is 0 Å². The lowest BCUT2D eigenvalue weighted by Crippen LogP contribution is -2.59. The van der Waals surface area contributed by atoms with Crippen molar-refractivity contribution >= 4 is 5.78 Å². The third kappa shape index (κ3) is 1.58. The van der Waals surface area contributed by atoms with Crippen molar-refractivity contribution in [2.75, 3.05) is 0 Å². The molecule has 22 heavy (non-hydrogen) atoms. The van der Waals surface area contributed by atoms with Gasteiger partial charge in [0, 0.05) is 17.8 Å². The van der Waals surface area contributed by atoms with Crippen LogP contribution in [0, 0.1) is 40.4 Å². The van der Waals surface area contributed by atoms with E-state index in [2.05, 4.69) is 33.8 Å². The van der Waals surface area contributed by atoms with Crippen LogP contribution >= 0.6 is 0 Å². The van der Waals surface area contributed by atoms with Crippen LogP contribution in [0.5, 0.6) is 0 Å². The number of hydrogen-bond acceptors (Lipinski definition) is 2. The smallest absolute Gasteiger partial charge is 0.140 e. The Kier molecular flexibility index (Phi) is 3.03. The van der Waals surface area contributed by atoms with E-state index in [9.17, 15) is 9.90 Å². The Morgan fingerprint density at radius 3 is 2.73 bits per heavy atom. The SMILES string of the molecule is CC1=CC[C@H]2[C@@H](C)CC[C@@H]3C[C@@H](O)[C@@]4(C)CC(=O)[C@H]1[C@H]4[C@]32C. The molecule has 0 amide bonds. The topological polar surface area (TPSA) is 37.3 Å². The van der Waals surface area contributed by atoms with Gasteiger partial charge in [-0.25, -0.2) is 0 Å². The van der Waals surface area contributed by atoms with E-state index < -0.39 is 0 Å². The number of allylic oxidation sites excluding steroid dienone is 2. The largest absolute Gasteiger partial charge is 0.393 e. The van der Waals surface area contributed by atoms with Gasteiger partial charge in [0.25, 0.3) is 0 Å². The number of hydrogen-bond donors (Lipinski definition) is 1. The first-order valence-corrected chi connectivity index (χ1v) is 9.17. The molecule has 2 heteroatoms. The molecule has 4 aliphatic rings. The normalized spacial score (nSPS) is 57.1. The molecular weight excluding hydrogens is 272 g/mol. The number of aliphatic hydroxyl groups excluding tert-OH is 1. The number of rotatable bonds is 0. The molecule has 4 rings (SSSR count). The summed E-state index contributed by atoms with van der Waals surface area (Å²) in [5.74, 6) is 2.80. The molecule has 0 aromatic heterocycles. The lowest BCUT2D eigenvalue weighted by atomic mass is 9.42. The average molecular weight is 302 g/mol. The Hall–Kier alpha value is -0.630. The summed E-state index contributed by atoms with van der Waals surface area (Å²) in [5.41, 5.74) is 1.30. The average Bonchev–Trinajstić information content (AvgIpc) is 2.65. The molecule has 0 bridgehead atoms. The third-order valence-corrected chi connectivity index (χ3v) is 8.41. The molecule has 1 N–H and O–H groups in total. The van der Waals surface area contributed by atoms with Gasteiger partial charge < -0.3 is 5.11 Å². The molecule has 122 valence electrons. The van der Waals surface area contributed by atoms with Gasteiger partial charge in [0.05, 0.1) is 6.10 Å². The van der Waals surface area contributed by atoms with E-state index >= 15 is 0 Å². The predicted octanol–water partition coefficient (Wildman–Crippen LogP) is 3.98. The second kappa shape index (κ2) is 4.47. The molecule has 3 fully saturated rings. The van der Waals surface area contributed by atoms with E-state index in [0.717, 1.165) is 18.8 Å². The molecule has 0 aromatic carbocycles. The van der Waals surface area contributed by atoms with Crippen LogP contribution in [0.25, 0.3) is 0 Å². The minimum Gasteiger partial charge on any atom is -0.393 e. The maximum Gasteiger partial charge on any atom is 0.140 e. The van der Waals surface area contributed by atoms with Gasteiger partial charge in [-0.1, -0.05) is 38.8 Å². The van der Waals surface area contributed by atoms with Crippen molar-refractivity contribution in [3.63, 3.8) is 0 Å². The van der Waals surface area contributed by atoms with Gasteiger partial charge in [-0.05, 0) is 55.3 Å². The van der Waals surface area contributed by atoms with Gasteiger partial charge in [-0.3, -0.25) is 4.79 Å². The lowest BCUT2D eigenvalue weighted by molar-refractivity contribution is -0.176. The quantitative estimate of drug-likeness (QED) is 0.687. The highest BCUT2D eigenvalue weighted by Gasteiger charge is 2.68. The lowest BCUT2D eigenvalue weighted by Gasteiger charge is -2.62. The van der Waals surface area contributed by atoms with Crippen molar-refractivity contribution in [1.29, 1.82) is 0 Å². The fraction of sp³-hybridized carbons (Fsp3) is 0.850. The summed E-state index contributed by atoms with van der Waals surface area (Å²) in [6.07, 6.45) is 7.21. The highest BCUT2D eigenvalue weighted by Crippen LogP contribution is 2.70. The van der Waals surface area contributed by atoms with Crippen LogP contribution in [-0.4, -0.2) is 17.0 Å². The Labute approximate surface area is 134 Å². The molecule has 0 heterocycles. The van der Waals surface area contributed by atoms with Crippen molar-refractivity contribution in [2.24, 2.45) is 40.4 Å². The molecule has 3 saturated carbocycles. The van der Waals surface area contributed by atoms with Gasteiger partial charge >= 0.3 is 0 Å². The van der Waals surface area contributed by atoms with Crippen molar-refractivity contribution in [3.05, 3.63) is 11.6 Å². The molecule has 0 unspecified atom stereocenters. The van der Waals surface area contributed by atoms with Crippen molar-refractivity contribution in [1.82, 2.24) is 0 Å². The molecule has 0 radical (unpaired) electrons. The van der Waals surface area contributed by atoms with Crippen LogP contribution < -0.4 is 0 Å². The van der Waals surface area contributed by atoms with Gasteiger partial charge in [0.1, 0.15) is 5.78 Å². The summed E-state index contributed by atoms with van der Waals surface area (Å²) in [4.78, 5) is 12.9. The van der Waals surface area contributed by atoms with E-state index in [4.69, 9.17) is 0 Å². The first-order valence-electron chi connectivity index (χ1n) is 9.17. The van der Waals surface area contributed by atoms with E-state index in [1.54, 1.807) is 0 Å². The molecular formula is C20H30O2. The first-order chi connectivity index (χ1) is 10.3. The number of aliphatic hydroxyl groups is 1. The summed E-state index contributed by atoms with van der Waals surface area (Å²) >= 11 is 0. The van der Waals surface area contributed by atoms with E-state index in [0.29, 0.717) is 30.0 Å². The van der Waals surface area contributed by atoms with Gasteiger partial charge in [0.15, 0.2) is 0 Å². The molecule has 0 aromatic rings. The summed E-state index contributed by atoms with van der Waals surface area (Å²) in [6, 6.07) is 0. The second-order valence-electron chi connectivity index (χ2n) is 9.26. The van der Waals surface area contributed by atoms with Crippen molar-refractivity contribution in [2.45, 2.75) is 65.9 Å². The fourth-order valence-electron chi connectivity index (χ4n) is 7.29. The molecule has 2 nitrogen and oxygen atoms in total. The number of carbonyl (C=O) groups is 1. The summed E-state index contributed by atoms with van der Waals surface area (Å²) in [5, 5.41) is 10.9. The molecule has 4 aliphatic carbocycles. The van der Waals surface area contributed by atoms with Crippen LogP contribution in [0.4, 0.5) is 0 Å². The minimum absolute atomic E-state index is 0.0720.